The maximum absolute atomic E-state index is 13.2. The lowest BCUT2D eigenvalue weighted by atomic mass is 10.0. The van der Waals surface area contributed by atoms with Gasteiger partial charge in [-0.15, -0.1) is 0 Å². The molecule has 3 rings (SSSR count). The molecule has 2 aliphatic rings. The van der Waals surface area contributed by atoms with Crippen molar-refractivity contribution < 1.29 is 51.4 Å². The maximum atomic E-state index is 13.2. The first-order valence-electron chi connectivity index (χ1n) is 12.5. The van der Waals surface area contributed by atoms with E-state index >= 15 is 0 Å². The summed E-state index contributed by atoms with van der Waals surface area (Å²) in [7, 11) is 1.04. The van der Waals surface area contributed by atoms with Crippen LogP contribution >= 0.6 is 0 Å². The third-order valence-corrected chi connectivity index (χ3v) is 6.58. The summed E-state index contributed by atoms with van der Waals surface area (Å²) in [6.07, 6.45) is -3.11. The van der Waals surface area contributed by atoms with Gasteiger partial charge in [-0.05, 0) is 12.1 Å². The molecule has 17 heteroatoms. The van der Waals surface area contributed by atoms with Gasteiger partial charge in [0.1, 0.15) is 12.6 Å². The molecule has 2 N–H and O–H groups in total. The van der Waals surface area contributed by atoms with E-state index in [1.807, 2.05) is 12.1 Å². The number of anilines is 1. The van der Waals surface area contributed by atoms with Crippen molar-refractivity contribution in [2.75, 3.05) is 57.8 Å². The van der Waals surface area contributed by atoms with Gasteiger partial charge in [0.15, 0.2) is 0 Å². The highest BCUT2D eigenvalue weighted by Crippen LogP contribution is 2.20. The topological polar surface area (TPSA) is 173 Å². The second-order valence-electron chi connectivity index (χ2n) is 9.23. The average molecular weight is 587 g/mol. The Morgan fingerprint density at radius 3 is 2.24 bits per heavy atom. The van der Waals surface area contributed by atoms with Crippen LogP contribution in [0.5, 0.6) is 0 Å². The SMILES string of the molecule is COC(=O)C[C@H]1C(=O)N(CC(=O)OC(=O)C(F)(F)F)CCN1C(=O)C(N)CC(=O)N1CCN(c2ccncc2)CC1. The summed E-state index contributed by atoms with van der Waals surface area (Å²) in [5, 5.41) is 0. The average Bonchev–Trinajstić information content (AvgIpc) is 2.94. The number of carbonyl (C=O) groups excluding carboxylic acids is 6. The van der Waals surface area contributed by atoms with Crippen LogP contribution in [-0.4, -0.2) is 126 Å². The van der Waals surface area contributed by atoms with E-state index < -0.39 is 60.9 Å². The molecule has 0 aliphatic carbocycles. The van der Waals surface area contributed by atoms with Crippen molar-refractivity contribution in [3.05, 3.63) is 24.5 Å². The second kappa shape index (κ2) is 13.4. The van der Waals surface area contributed by atoms with Gasteiger partial charge < -0.3 is 34.8 Å². The zero-order chi connectivity index (χ0) is 30.3. The van der Waals surface area contributed by atoms with E-state index in [2.05, 4.69) is 19.4 Å². The molecule has 0 aromatic carbocycles. The Bertz CT molecular complexity index is 1160. The fraction of sp³-hybridized carbons (Fsp3) is 0.542. The molecule has 0 spiro atoms. The first-order chi connectivity index (χ1) is 19.3. The molecule has 41 heavy (non-hydrogen) atoms. The smallest absolute Gasteiger partial charge is 0.469 e. The van der Waals surface area contributed by atoms with Crippen LogP contribution in [0.1, 0.15) is 12.8 Å². The van der Waals surface area contributed by atoms with Crippen LogP contribution < -0.4 is 10.6 Å². The maximum Gasteiger partial charge on any atom is 0.491 e. The van der Waals surface area contributed by atoms with Crippen LogP contribution in [0.2, 0.25) is 0 Å². The lowest BCUT2D eigenvalue weighted by Gasteiger charge is -2.41. The number of pyridine rings is 1. The highest BCUT2D eigenvalue weighted by Gasteiger charge is 2.44. The first-order valence-corrected chi connectivity index (χ1v) is 12.5. The highest BCUT2D eigenvalue weighted by atomic mass is 19.4. The van der Waals surface area contributed by atoms with E-state index in [0.29, 0.717) is 26.2 Å². The van der Waals surface area contributed by atoms with Gasteiger partial charge in [-0.3, -0.25) is 24.2 Å². The number of hydrogen-bond donors (Lipinski definition) is 1. The zero-order valence-electron chi connectivity index (χ0n) is 22.0. The number of hydrogen-bond acceptors (Lipinski definition) is 11. The molecule has 0 radical (unpaired) electrons. The normalized spacial score (nSPS) is 18.6. The van der Waals surface area contributed by atoms with Crippen LogP contribution in [-0.2, 0) is 38.2 Å². The van der Waals surface area contributed by atoms with Crippen molar-refractivity contribution in [2.45, 2.75) is 31.1 Å². The van der Waals surface area contributed by atoms with Crippen LogP contribution in [0.15, 0.2) is 24.5 Å². The van der Waals surface area contributed by atoms with Gasteiger partial charge in [-0.2, -0.15) is 13.2 Å². The number of nitrogens with zero attached hydrogens (tertiary/aromatic N) is 5. The summed E-state index contributed by atoms with van der Waals surface area (Å²) in [6.45, 7) is 0.236. The standard InChI is InChI=1S/C24H29F3N6O8/c1-40-19(35)13-17-22(38)32(14-20(36)41-23(39)24(25,26)27)10-11-33(17)21(37)16(28)12-18(34)31-8-6-30(7-9-31)15-2-4-29-5-3-15/h2-5,16-17H,6-14,28H2,1H3/t16?,17-/m0/s1. The predicted octanol–water partition coefficient (Wildman–Crippen LogP) is -1.32. The molecule has 1 aromatic heterocycles. The lowest BCUT2D eigenvalue weighted by Crippen LogP contribution is -2.63. The largest absolute Gasteiger partial charge is 0.491 e. The molecule has 3 heterocycles. The molecule has 2 atom stereocenters. The third kappa shape index (κ3) is 8.12. The van der Waals surface area contributed by atoms with Gasteiger partial charge in [0, 0.05) is 57.3 Å². The summed E-state index contributed by atoms with van der Waals surface area (Å²) in [5.41, 5.74) is 7.00. The Kier molecular flexibility index (Phi) is 10.2. The van der Waals surface area contributed by atoms with E-state index in [1.54, 1.807) is 17.3 Å². The molecule has 3 amide bonds. The molecule has 2 fully saturated rings. The summed E-state index contributed by atoms with van der Waals surface area (Å²) in [5.74, 6) is -7.46. The number of aromatic nitrogens is 1. The monoisotopic (exact) mass is 586 g/mol. The molecule has 2 aliphatic heterocycles. The Balaban J connectivity index is 1.60. The number of piperazine rings is 2. The molecular formula is C24H29F3N6O8. The Morgan fingerprint density at radius 1 is 1.02 bits per heavy atom. The Labute approximate surface area is 232 Å². The number of ether oxygens (including phenoxy) is 2. The van der Waals surface area contributed by atoms with Gasteiger partial charge >= 0.3 is 24.1 Å². The summed E-state index contributed by atoms with van der Waals surface area (Å²) in [4.78, 5) is 83.2. The van der Waals surface area contributed by atoms with E-state index in [-0.39, 0.29) is 25.4 Å². The molecule has 0 bridgehead atoms. The highest BCUT2D eigenvalue weighted by molar-refractivity contribution is 5.97. The van der Waals surface area contributed by atoms with Gasteiger partial charge in [0.25, 0.3) is 0 Å². The number of methoxy groups -OCH3 is 1. The molecule has 2 saturated heterocycles. The van der Waals surface area contributed by atoms with Gasteiger partial charge in [0.05, 0.1) is 26.0 Å². The van der Waals surface area contributed by atoms with Crippen LogP contribution in [0.25, 0.3) is 0 Å². The number of esters is 3. The van der Waals surface area contributed by atoms with Crippen LogP contribution in [0, 0.1) is 0 Å². The van der Waals surface area contributed by atoms with Gasteiger partial charge in [-0.25, -0.2) is 9.59 Å². The number of alkyl halides is 3. The molecule has 0 saturated carbocycles. The quantitative estimate of drug-likeness (QED) is 0.283. The zero-order valence-corrected chi connectivity index (χ0v) is 22.0. The van der Waals surface area contributed by atoms with Crippen molar-refractivity contribution in [3.8, 4) is 0 Å². The minimum Gasteiger partial charge on any atom is -0.469 e. The van der Waals surface area contributed by atoms with Crippen molar-refractivity contribution in [1.82, 2.24) is 19.7 Å². The Hall–Kier alpha value is -4.28. The van der Waals surface area contributed by atoms with E-state index in [0.717, 1.165) is 22.6 Å². The fourth-order valence-electron chi connectivity index (χ4n) is 4.43. The summed E-state index contributed by atoms with van der Waals surface area (Å²) >= 11 is 0. The van der Waals surface area contributed by atoms with E-state index in [9.17, 15) is 41.9 Å². The number of rotatable bonds is 8. The molecule has 1 aromatic rings. The summed E-state index contributed by atoms with van der Waals surface area (Å²) < 4.78 is 45.4. The predicted molar refractivity (Wildman–Crippen MR) is 131 cm³/mol. The number of halogens is 3. The van der Waals surface area contributed by atoms with E-state index in [4.69, 9.17) is 5.73 Å². The van der Waals surface area contributed by atoms with Gasteiger partial charge in [-0.1, -0.05) is 0 Å². The first kappa shape index (κ1) is 31.3. The van der Waals surface area contributed by atoms with Crippen molar-refractivity contribution in [1.29, 1.82) is 0 Å². The molecule has 1 unspecified atom stereocenters. The second-order valence-corrected chi connectivity index (χ2v) is 9.23. The van der Waals surface area contributed by atoms with Crippen molar-refractivity contribution >= 4 is 41.3 Å². The Morgan fingerprint density at radius 2 is 1.66 bits per heavy atom. The lowest BCUT2D eigenvalue weighted by molar-refractivity contribution is -0.202. The van der Waals surface area contributed by atoms with Crippen molar-refractivity contribution in [3.63, 3.8) is 0 Å². The number of carbonyl (C=O) groups is 6. The van der Waals surface area contributed by atoms with Gasteiger partial charge in [0.2, 0.25) is 17.7 Å². The minimum absolute atomic E-state index is 0.265. The molecular weight excluding hydrogens is 557 g/mol. The fourth-order valence-corrected chi connectivity index (χ4v) is 4.43. The summed E-state index contributed by atoms with van der Waals surface area (Å²) in [6, 6.07) is 0.820. The molecule has 14 nitrogen and oxygen atoms in total. The number of amides is 3. The number of nitrogens with two attached hydrogens (primary N) is 1. The third-order valence-electron chi connectivity index (χ3n) is 6.58. The minimum atomic E-state index is -5.42. The van der Waals surface area contributed by atoms with E-state index in [1.165, 1.54) is 0 Å². The van der Waals surface area contributed by atoms with Crippen LogP contribution in [0.3, 0.4) is 0 Å². The van der Waals surface area contributed by atoms with Crippen LogP contribution in [0.4, 0.5) is 18.9 Å². The molecule has 224 valence electrons. The van der Waals surface area contributed by atoms with Crippen molar-refractivity contribution in [2.24, 2.45) is 5.73 Å².